The molecule has 0 heterocycles. The standard InChI is InChI=1S/C20H26N2O4/c1-22(13-16-7-10-18(25-3)19(11-16)26-4)14-20(23)21-12-15-5-8-17(24-2)9-6-15/h5-11H,12-14H2,1-4H3,(H,21,23)/p+1. The molecule has 0 saturated carbocycles. The molecule has 2 rings (SSSR count). The van der Waals surface area contributed by atoms with E-state index in [4.69, 9.17) is 14.2 Å². The van der Waals surface area contributed by atoms with Crippen LogP contribution in [0.3, 0.4) is 0 Å². The number of nitrogens with one attached hydrogen (secondary N) is 2. The summed E-state index contributed by atoms with van der Waals surface area (Å²) in [5.41, 5.74) is 2.12. The van der Waals surface area contributed by atoms with Gasteiger partial charge in [-0.2, -0.15) is 0 Å². The summed E-state index contributed by atoms with van der Waals surface area (Å²) in [6.07, 6.45) is 0. The molecule has 0 fully saturated rings. The van der Waals surface area contributed by atoms with Gasteiger partial charge in [0.2, 0.25) is 0 Å². The number of benzene rings is 2. The lowest BCUT2D eigenvalue weighted by molar-refractivity contribution is -0.885. The number of hydrogen-bond acceptors (Lipinski definition) is 4. The predicted octanol–water partition coefficient (Wildman–Crippen LogP) is 1.04. The molecule has 0 aromatic heterocycles. The summed E-state index contributed by atoms with van der Waals surface area (Å²) >= 11 is 0. The molecule has 6 nitrogen and oxygen atoms in total. The number of amides is 1. The van der Waals surface area contributed by atoms with Crippen molar-refractivity contribution in [2.24, 2.45) is 0 Å². The Morgan fingerprint density at radius 1 is 0.923 bits per heavy atom. The van der Waals surface area contributed by atoms with Gasteiger partial charge in [-0.3, -0.25) is 4.79 Å². The molecule has 2 N–H and O–H groups in total. The van der Waals surface area contributed by atoms with Gasteiger partial charge in [-0.05, 0) is 35.9 Å². The van der Waals surface area contributed by atoms with Crippen molar-refractivity contribution in [3.63, 3.8) is 0 Å². The Morgan fingerprint density at radius 3 is 2.19 bits per heavy atom. The zero-order chi connectivity index (χ0) is 18.9. The van der Waals surface area contributed by atoms with E-state index in [0.29, 0.717) is 24.6 Å². The second kappa shape index (κ2) is 9.68. The molecule has 0 aliphatic carbocycles. The molecule has 2 aromatic rings. The minimum atomic E-state index is 0.0128. The molecule has 26 heavy (non-hydrogen) atoms. The van der Waals surface area contributed by atoms with Crippen LogP contribution in [0.25, 0.3) is 0 Å². The third-order valence-electron chi connectivity index (χ3n) is 4.06. The van der Waals surface area contributed by atoms with Gasteiger partial charge in [0.05, 0.1) is 28.4 Å². The quantitative estimate of drug-likeness (QED) is 0.702. The van der Waals surface area contributed by atoms with Crippen LogP contribution in [0.4, 0.5) is 0 Å². The fraction of sp³-hybridized carbons (Fsp3) is 0.350. The topological polar surface area (TPSA) is 61.2 Å². The second-order valence-electron chi connectivity index (χ2n) is 6.12. The highest BCUT2D eigenvalue weighted by molar-refractivity contribution is 5.76. The number of carbonyl (C=O) groups excluding carboxylic acids is 1. The van der Waals surface area contributed by atoms with Crippen molar-refractivity contribution in [3.8, 4) is 17.2 Å². The van der Waals surface area contributed by atoms with Crippen molar-refractivity contribution < 1.29 is 23.9 Å². The van der Waals surface area contributed by atoms with Crippen molar-refractivity contribution in [1.29, 1.82) is 0 Å². The summed E-state index contributed by atoms with van der Waals surface area (Å²) in [5.74, 6) is 2.21. The molecule has 0 bridgehead atoms. The average molecular weight is 359 g/mol. The van der Waals surface area contributed by atoms with Crippen molar-refractivity contribution in [2.45, 2.75) is 13.1 Å². The summed E-state index contributed by atoms with van der Waals surface area (Å²) < 4.78 is 15.7. The lowest BCUT2D eigenvalue weighted by atomic mass is 10.2. The molecule has 0 spiro atoms. The highest BCUT2D eigenvalue weighted by atomic mass is 16.5. The fourth-order valence-corrected chi connectivity index (χ4v) is 2.68. The summed E-state index contributed by atoms with van der Waals surface area (Å²) in [7, 11) is 6.85. The highest BCUT2D eigenvalue weighted by Gasteiger charge is 2.12. The van der Waals surface area contributed by atoms with E-state index >= 15 is 0 Å². The van der Waals surface area contributed by atoms with Crippen LogP contribution in [0.2, 0.25) is 0 Å². The Hall–Kier alpha value is -2.73. The van der Waals surface area contributed by atoms with E-state index in [1.165, 1.54) is 0 Å². The maximum Gasteiger partial charge on any atom is 0.275 e. The van der Waals surface area contributed by atoms with Crippen LogP contribution in [-0.2, 0) is 17.9 Å². The zero-order valence-corrected chi connectivity index (χ0v) is 15.8. The molecular weight excluding hydrogens is 332 g/mol. The predicted molar refractivity (Wildman–Crippen MR) is 99.8 cm³/mol. The maximum atomic E-state index is 12.2. The van der Waals surface area contributed by atoms with Crippen LogP contribution in [0.5, 0.6) is 17.2 Å². The van der Waals surface area contributed by atoms with E-state index in [-0.39, 0.29) is 5.91 Å². The van der Waals surface area contributed by atoms with Crippen molar-refractivity contribution >= 4 is 5.91 Å². The molecule has 1 atom stereocenters. The van der Waals surface area contributed by atoms with Gasteiger partial charge < -0.3 is 24.4 Å². The smallest absolute Gasteiger partial charge is 0.275 e. The largest absolute Gasteiger partial charge is 0.497 e. The minimum Gasteiger partial charge on any atom is -0.497 e. The molecule has 1 unspecified atom stereocenters. The SMILES string of the molecule is COc1ccc(CNC(=O)C[NH+](C)Cc2ccc(OC)c(OC)c2)cc1. The van der Waals surface area contributed by atoms with Gasteiger partial charge in [0, 0.05) is 12.1 Å². The van der Waals surface area contributed by atoms with E-state index in [1.807, 2.05) is 49.5 Å². The van der Waals surface area contributed by atoms with Crippen LogP contribution >= 0.6 is 0 Å². The lowest BCUT2D eigenvalue weighted by Gasteiger charge is -2.15. The second-order valence-corrected chi connectivity index (χ2v) is 6.12. The van der Waals surface area contributed by atoms with Gasteiger partial charge in [-0.1, -0.05) is 12.1 Å². The number of methoxy groups -OCH3 is 3. The first-order valence-electron chi connectivity index (χ1n) is 8.47. The first kappa shape index (κ1) is 19.6. The Bertz CT molecular complexity index is 716. The Balaban J connectivity index is 1.82. The zero-order valence-electron chi connectivity index (χ0n) is 15.8. The fourth-order valence-electron chi connectivity index (χ4n) is 2.68. The van der Waals surface area contributed by atoms with Crippen molar-refractivity contribution in [1.82, 2.24) is 5.32 Å². The van der Waals surface area contributed by atoms with Crippen LogP contribution < -0.4 is 24.4 Å². The van der Waals surface area contributed by atoms with Crippen LogP contribution in [0.1, 0.15) is 11.1 Å². The number of rotatable bonds is 9. The Kier molecular flexibility index (Phi) is 7.29. The number of likely N-dealkylation sites (N-methyl/N-ethyl adjacent to an activating group) is 1. The number of quaternary nitrogens is 1. The lowest BCUT2D eigenvalue weighted by Crippen LogP contribution is -3.08. The Morgan fingerprint density at radius 2 is 1.58 bits per heavy atom. The minimum absolute atomic E-state index is 0.0128. The molecule has 0 aliphatic heterocycles. The molecule has 0 saturated heterocycles. The molecule has 140 valence electrons. The summed E-state index contributed by atoms with van der Waals surface area (Å²) in [5, 5.41) is 2.95. The number of hydrogen-bond donors (Lipinski definition) is 2. The van der Waals surface area contributed by atoms with E-state index in [9.17, 15) is 4.79 Å². The third-order valence-corrected chi connectivity index (χ3v) is 4.06. The van der Waals surface area contributed by atoms with Gasteiger partial charge in [0.25, 0.3) is 5.91 Å². The molecule has 2 aromatic carbocycles. The van der Waals surface area contributed by atoms with E-state index < -0.39 is 0 Å². The van der Waals surface area contributed by atoms with Gasteiger partial charge in [0.15, 0.2) is 18.0 Å². The van der Waals surface area contributed by atoms with Gasteiger partial charge in [0.1, 0.15) is 12.3 Å². The monoisotopic (exact) mass is 359 g/mol. The normalized spacial score (nSPS) is 11.5. The Labute approximate surface area is 154 Å². The van der Waals surface area contributed by atoms with Crippen molar-refractivity contribution in [2.75, 3.05) is 34.9 Å². The maximum absolute atomic E-state index is 12.2. The summed E-state index contributed by atoms with van der Waals surface area (Å²) in [6.45, 7) is 1.62. The van der Waals surface area contributed by atoms with Gasteiger partial charge >= 0.3 is 0 Å². The molecule has 0 aliphatic rings. The summed E-state index contributed by atoms with van der Waals surface area (Å²) in [4.78, 5) is 13.2. The molecule has 6 heteroatoms. The number of carbonyl (C=O) groups is 1. The summed E-state index contributed by atoms with van der Waals surface area (Å²) in [6, 6.07) is 13.5. The molecule has 1 amide bonds. The van der Waals surface area contributed by atoms with Gasteiger partial charge in [-0.25, -0.2) is 0 Å². The van der Waals surface area contributed by atoms with Gasteiger partial charge in [-0.15, -0.1) is 0 Å². The molecular formula is C20H27N2O4+. The third kappa shape index (κ3) is 5.67. The van der Waals surface area contributed by atoms with Crippen LogP contribution in [0, 0.1) is 0 Å². The highest BCUT2D eigenvalue weighted by Crippen LogP contribution is 2.27. The van der Waals surface area contributed by atoms with Crippen molar-refractivity contribution in [3.05, 3.63) is 53.6 Å². The van der Waals surface area contributed by atoms with E-state index in [1.54, 1.807) is 21.3 Å². The first-order chi connectivity index (χ1) is 12.5. The van der Waals surface area contributed by atoms with E-state index in [0.717, 1.165) is 28.3 Å². The first-order valence-corrected chi connectivity index (χ1v) is 8.47. The van der Waals surface area contributed by atoms with Crippen LogP contribution in [0.15, 0.2) is 42.5 Å². The number of ether oxygens (including phenoxy) is 3. The van der Waals surface area contributed by atoms with E-state index in [2.05, 4.69) is 5.32 Å². The molecule has 0 radical (unpaired) electrons. The average Bonchev–Trinajstić information content (AvgIpc) is 2.66. The van der Waals surface area contributed by atoms with Crippen LogP contribution in [-0.4, -0.2) is 40.8 Å².